The topological polar surface area (TPSA) is 87.9 Å². The van der Waals surface area contributed by atoms with Gasteiger partial charge in [0.15, 0.2) is 29.6 Å². The lowest BCUT2D eigenvalue weighted by molar-refractivity contribution is 0.0476. The summed E-state index contributed by atoms with van der Waals surface area (Å²) in [4.78, 5) is 30.0. The number of nitrogens with zero attached hydrogens (tertiary/aromatic N) is 1. The van der Waals surface area contributed by atoms with Crippen molar-refractivity contribution in [2.45, 2.75) is 0 Å². The quantitative estimate of drug-likeness (QED) is 0.322. The highest BCUT2D eigenvalue weighted by Gasteiger charge is 2.18. The summed E-state index contributed by atoms with van der Waals surface area (Å²) in [5, 5.41) is 0.626. The van der Waals surface area contributed by atoms with Crippen molar-refractivity contribution >= 4 is 22.7 Å². The number of rotatable bonds is 7. The van der Waals surface area contributed by atoms with Gasteiger partial charge in [-0.15, -0.1) is 0 Å². The molecule has 0 unspecified atom stereocenters. The number of furan rings is 1. The third-order valence-corrected chi connectivity index (χ3v) is 4.75. The lowest BCUT2D eigenvalue weighted by Gasteiger charge is -2.10. The first-order valence-corrected chi connectivity index (χ1v) is 9.46. The molecule has 0 bridgehead atoms. The molecule has 4 aromatic rings. The first-order valence-electron chi connectivity index (χ1n) is 9.46. The molecule has 7 nitrogen and oxygen atoms in total. The van der Waals surface area contributed by atoms with Crippen LogP contribution in [0.15, 0.2) is 71.3 Å². The molecule has 0 fully saturated rings. The molecule has 0 spiro atoms. The minimum Gasteiger partial charge on any atom is -0.493 e. The van der Waals surface area contributed by atoms with Crippen LogP contribution in [0.25, 0.3) is 22.4 Å². The predicted octanol–water partition coefficient (Wildman–Crippen LogP) is 4.55. The number of esters is 1. The van der Waals surface area contributed by atoms with E-state index in [0.29, 0.717) is 45.0 Å². The number of methoxy groups -OCH3 is 2. The molecule has 0 amide bonds. The van der Waals surface area contributed by atoms with Gasteiger partial charge in [-0.05, 0) is 42.5 Å². The molecule has 0 atom stereocenters. The van der Waals surface area contributed by atoms with Crippen molar-refractivity contribution in [1.29, 1.82) is 0 Å². The van der Waals surface area contributed by atoms with Gasteiger partial charge in [-0.1, -0.05) is 18.2 Å². The third kappa shape index (κ3) is 4.11. The molecule has 156 valence electrons. The second-order valence-electron chi connectivity index (χ2n) is 6.62. The number of ketones is 1. The summed E-state index contributed by atoms with van der Waals surface area (Å²) in [7, 11) is 2.99. The fourth-order valence-electron chi connectivity index (χ4n) is 3.20. The van der Waals surface area contributed by atoms with Crippen LogP contribution in [-0.2, 0) is 4.74 Å². The van der Waals surface area contributed by atoms with Gasteiger partial charge in [0.2, 0.25) is 0 Å². The molecule has 0 aliphatic heterocycles. The summed E-state index contributed by atoms with van der Waals surface area (Å²) in [6.07, 6.45) is 1.53. The number of carbonyl (C=O) groups excluding carboxylic acids is 2. The van der Waals surface area contributed by atoms with Gasteiger partial charge in [0.25, 0.3) is 0 Å². The molecule has 0 aliphatic carbocycles. The van der Waals surface area contributed by atoms with Gasteiger partial charge < -0.3 is 18.6 Å². The second kappa shape index (κ2) is 8.71. The van der Waals surface area contributed by atoms with Crippen molar-refractivity contribution in [1.82, 2.24) is 4.98 Å². The standard InChI is InChI=1S/C24H19NO6/c1-28-22-10-9-15(12-23(22)29-2)20(26)14-31-24(27)17-13-19(21-8-5-11-30-21)25-18-7-4-3-6-16(17)18/h3-13H,14H2,1-2H3. The van der Waals surface area contributed by atoms with Crippen LogP contribution in [0.5, 0.6) is 11.5 Å². The fourth-order valence-corrected chi connectivity index (χ4v) is 3.20. The van der Waals surface area contributed by atoms with E-state index in [1.165, 1.54) is 20.5 Å². The Morgan fingerprint density at radius 1 is 0.935 bits per heavy atom. The summed E-state index contributed by atoms with van der Waals surface area (Å²) in [5.74, 6) is 0.466. The van der Waals surface area contributed by atoms with E-state index in [9.17, 15) is 9.59 Å². The molecular weight excluding hydrogens is 398 g/mol. The zero-order valence-electron chi connectivity index (χ0n) is 17.0. The summed E-state index contributed by atoms with van der Waals surface area (Å²) < 4.78 is 21.1. The molecule has 4 rings (SSSR count). The molecule has 2 aromatic carbocycles. The maximum Gasteiger partial charge on any atom is 0.339 e. The molecule has 0 radical (unpaired) electrons. The van der Waals surface area contributed by atoms with Crippen LogP contribution in [0.2, 0.25) is 0 Å². The summed E-state index contributed by atoms with van der Waals surface area (Å²) in [5.41, 5.74) is 1.77. The van der Waals surface area contributed by atoms with E-state index < -0.39 is 12.6 Å². The van der Waals surface area contributed by atoms with Crippen LogP contribution in [0.1, 0.15) is 20.7 Å². The average molecular weight is 417 g/mol. The zero-order chi connectivity index (χ0) is 21.8. The molecule has 0 N–H and O–H groups in total. The number of fused-ring (bicyclic) bond motifs is 1. The molecular formula is C24H19NO6. The van der Waals surface area contributed by atoms with Crippen LogP contribution in [0.4, 0.5) is 0 Å². The molecule has 7 heteroatoms. The Balaban J connectivity index is 1.58. The van der Waals surface area contributed by atoms with Gasteiger partial charge >= 0.3 is 5.97 Å². The van der Waals surface area contributed by atoms with Gasteiger partial charge in [-0.3, -0.25) is 4.79 Å². The molecule has 2 aromatic heterocycles. The number of ether oxygens (including phenoxy) is 3. The molecule has 2 heterocycles. The highest BCUT2D eigenvalue weighted by atomic mass is 16.5. The van der Waals surface area contributed by atoms with Crippen molar-refractivity contribution in [2.75, 3.05) is 20.8 Å². The van der Waals surface area contributed by atoms with E-state index in [1.807, 2.05) is 12.1 Å². The third-order valence-electron chi connectivity index (χ3n) is 4.75. The van der Waals surface area contributed by atoms with Crippen LogP contribution < -0.4 is 9.47 Å². The van der Waals surface area contributed by atoms with Crippen molar-refractivity contribution in [2.24, 2.45) is 0 Å². The van der Waals surface area contributed by atoms with E-state index in [2.05, 4.69) is 4.98 Å². The first kappa shape index (κ1) is 20.2. The van der Waals surface area contributed by atoms with E-state index in [-0.39, 0.29) is 5.78 Å². The Labute approximate surface area is 178 Å². The average Bonchev–Trinajstić information content (AvgIpc) is 3.36. The maximum atomic E-state index is 12.9. The van der Waals surface area contributed by atoms with Crippen molar-refractivity contribution in [3.05, 3.63) is 78.1 Å². The van der Waals surface area contributed by atoms with Crippen molar-refractivity contribution in [3.8, 4) is 23.0 Å². The fraction of sp³-hybridized carbons (Fsp3) is 0.125. The number of pyridine rings is 1. The number of benzene rings is 2. The minimum atomic E-state index is -0.625. The van der Waals surface area contributed by atoms with E-state index in [0.717, 1.165) is 0 Å². The summed E-state index contributed by atoms with van der Waals surface area (Å²) >= 11 is 0. The molecule has 31 heavy (non-hydrogen) atoms. The van der Waals surface area contributed by atoms with Gasteiger partial charge in [0.05, 0.1) is 31.6 Å². The van der Waals surface area contributed by atoms with Crippen LogP contribution in [-0.4, -0.2) is 37.6 Å². The smallest absolute Gasteiger partial charge is 0.339 e. The number of hydrogen-bond donors (Lipinski definition) is 0. The Morgan fingerprint density at radius 3 is 2.48 bits per heavy atom. The van der Waals surface area contributed by atoms with E-state index in [1.54, 1.807) is 48.5 Å². The molecule has 0 saturated carbocycles. The summed E-state index contributed by atoms with van der Waals surface area (Å²) in [6.45, 7) is -0.416. The SMILES string of the molecule is COc1ccc(C(=O)COC(=O)c2cc(-c3ccco3)nc3ccccc23)cc1OC. The summed E-state index contributed by atoms with van der Waals surface area (Å²) in [6, 6.07) is 17.1. The lowest BCUT2D eigenvalue weighted by Crippen LogP contribution is -2.15. The Hall–Kier alpha value is -4.13. The molecule has 0 aliphatic rings. The molecule has 0 saturated heterocycles. The highest BCUT2D eigenvalue weighted by molar-refractivity contribution is 6.06. The predicted molar refractivity (Wildman–Crippen MR) is 114 cm³/mol. The lowest BCUT2D eigenvalue weighted by atomic mass is 10.1. The van der Waals surface area contributed by atoms with Gasteiger partial charge in [0, 0.05) is 10.9 Å². The van der Waals surface area contributed by atoms with E-state index >= 15 is 0 Å². The Bertz CT molecular complexity index is 1250. The van der Waals surface area contributed by atoms with Gasteiger partial charge in [-0.25, -0.2) is 9.78 Å². The number of carbonyl (C=O) groups is 2. The van der Waals surface area contributed by atoms with Gasteiger partial charge in [0.1, 0.15) is 5.69 Å². The normalized spacial score (nSPS) is 10.6. The zero-order valence-corrected chi connectivity index (χ0v) is 17.0. The highest BCUT2D eigenvalue weighted by Crippen LogP contribution is 2.28. The number of para-hydroxylation sites is 1. The largest absolute Gasteiger partial charge is 0.493 e. The van der Waals surface area contributed by atoms with Crippen LogP contribution in [0.3, 0.4) is 0 Å². The Kier molecular flexibility index (Phi) is 5.66. The number of aromatic nitrogens is 1. The first-order chi connectivity index (χ1) is 15.1. The van der Waals surface area contributed by atoms with Crippen molar-refractivity contribution in [3.63, 3.8) is 0 Å². The number of hydrogen-bond acceptors (Lipinski definition) is 7. The monoisotopic (exact) mass is 417 g/mol. The Morgan fingerprint density at radius 2 is 1.74 bits per heavy atom. The minimum absolute atomic E-state index is 0.303. The number of Topliss-reactive ketones (excluding diaryl/α,β-unsaturated/α-hetero) is 1. The van der Waals surface area contributed by atoms with Crippen molar-refractivity contribution < 1.29 is 28.2 Å². The maximum absolute atomic E-state index is 12.9. The second-order valence-corrected chi connectivity index (χ2v) is 6.62. The van der Waals surface area contributed by atoms with Gasteiger partial charge in [-0.2, -0.15) is 0 Å². The van der Waals surface area contributed by atoms with E-state index in [4.69, 9.17) is 18.6 Å². The van der Waals surface area contributed by atoms with Crippen LogP contribution >= 0.6 is 0 Å². The van der Waals surface area contributed by atoms with Crippen LogP contribution in [0, 0.1) is 0 Å².